The van der Waals surface area contributed by atoms with Gasteiger partial charge in [0.2, 0.25) is 0 Å². The first-order valence-corrected chi connectivity index (χ1v) is 15.0. The normalized spacial score (nSPS) is 29.1. The van der Waals surface area contributed by atoms with Gasteiger partial charge < -0.3 is 15.0 Å². The van der Waals surface area contributed by atoms with Crippen molar-refractivity contribution >= 4 is 39.1 Å². The summed E-state index contributed by atoms with van der Waals surface area (Å²) in [6.45, 7) is 2.35. The van der Waals surface area contributed by atoms with Gasteiger partial charge in [-0.15, -0.1) is 0 Å². The molecule has 4 saturated heterocycles. The average Bonchev–Trinajstić information content (AvgIpc) is 3.60. The van der Waals surface area contributed by atoms with Crippen LogP contribution in [0.25, 0.3) is 32.9 Å². The van der Waals surface area contributed by atoms with E-state index in [9.17, 15) is 8.78 Å². The molecule has 7 nitrogen and oxygen atoms in total. The highest BCUT2D eigenvalue weighted by atomic mass is 35.5. The van der Waals surface area contributed by atoms with Gasteiger partial charge in [0, 0.05) is 54.3 Å². The van der Waals surface area contributed by atoms with Crippen molar-refractivity contribution in [3.05, 3.63) is 53.4 Å². The molecule has 4 fully saturated rings. The summed E-state index contributed by atoms with van der Waals surface area (Å²) < 4.78 is 51.8. The molecule has 0 spiro atoms. The molecule has 4 aliphatic rings. The van der Waals surface area contributed by atoms with Crippen LogP contribution in [-0.4, -0.2) is 82.6 Å². The fourth-order valence-corrected chi connectivity index (χ4v) is 7.90. The van der Waals surface area contributed by atoms with Crippen LogP contribution in [0, 0.1) is 5.82 Å². The van der Waals surface area contributed by atoms with Gasteiger partial charge in [-0.2, -0.15) is 9.97 Å². The summed E-state index contributed by atoms with van der Waals surface area (Å²) in [5, 5.41) is 5.82. The van der Waals surface area contributed by atoms with Gasteiger partial charge >= 0.3 is 6.01 Å². The highest BCUT2D eigenvalue weighted by Gasteiger charge is 2.49. The van der Waals surface area contributed by atoms with Crippen molar-refractivity contribution in [3.8, 4) is 17.3 Å². The van der Waals surface area contributed by atoms with Gasteiger partial charge in [0.1, 0.15) is 36.0 Å². The maximum absolute atomic E-state index is 16.6. The zero-order valence-electron chi connectivity index (χ0n) is 22.9. The van der Waals surface area contributed by atoms with Crippen molar-refractivity contribution in [3.63, 3.8) is 0 Å². The first-order valence-electron chi connectivity index (χ1n) is 14.6. The van der Waals surface area contributed by atoms with Crippen molar-refractivity contribution in [2.75, 3.05) is 37.7 Å². The van der Waals surface area contributed by atoms with Gasteiger partial charge in [-0.25, -0.2) is 13.2 Å². The maximum Gasteiger partial charge on any atom is 0.319 e. The maximum atomic E-state index is 16.6. The van der Waals surface area contributed by atoms with Crippen molar-refractivity contribution in [2.24, 2.45) is 0 Å². The van der Waals surface area contributed by atoms with E-state index in [1.165, 1.54) is 0 Å². The number of nitrogens with zero attached hydrogens (tertiary/aromatic N) is 5. The Hall–Kier alpha value is -3.21. The molecule has 2 bridgehead atoms. The highest BCUT2D eigenvalue weighted by Crippen LogP contribution is 2.41. The van der Waals surface area contributed by atoms with Crippen LogP contribution >= 0.6 is 11.6 Å². The first-order chi connectivity index (χ1) is 20.4. The number of fused-ring (bicyclic) bond motifs is 5. The van der Waals surface area contributed by atoms with Crippen LogP contribution in [0.15, 0.2) is 42.6 Å². The number of pyridine rings is 1. The zero-order valence-corrected chi connectivity index (χ0v) is 23.6. The van der Waals surface area contributed by atoms with Gasteiger partial charge in [-0.3, -0.25) is 9.88 Å². The van der Waals surface area contributed by atoms with E-state index in [0.717, 1.165) is 24.8 Å². The summed E-state index contributed by atoms with van der Waals surface area (Å²) in [6.07, 6.45) is 2.37. The molecular formula is C31H30ClF3N6O. The molecule has 4 aliphatic heterocycles. The monoisotopic (exact) mass is 594 g/mol. The molecule has 11 heteroatoms. The van der Waals surface area contributed by atoms with E-state index in [2.05, 4.69) is 20.2 Å². The molecule has 0 aliphatic carbocycles. The standard InChI is InChI=1S/C31H30ClF3N6O/c32-22-7-2-5-17-4-1-6-20(25(17)22)27-26(35)28-21(12-36-27)29(40-14-19-10-23(34)24(15-40)37-19)39-30(38-28)42-16-31-8-3-9-41(31)13-18(33)11-31/h1-2,4-7,12,18-19,23-24,37H,3,8-11,13-16H2/t18-,19?,23?,24?,31+/m1/s1. The van der Waals surface area contributed by atoms with E-state index >= 15 is 4.39 Å². The Morgan fingerprint density at radius 2 is 1.95 bits per heavy atom. The topological polar surface area (TPSA) is 66.4 Å². The lowest BCUT2D eigenvalue weighted by Crippen LogP contribution is -2.52. The quantitative estimate of drug-likeness (QED) is 0.328. The van der Waals surface area contributed by atoms with Crippen molar-refractivity contribution < 1.29 is 17.9 Å². The first kappa shape index (κ1) is 26.4. The predicted octanol–water partition coefficient (Wildman–Crippen LogP) is 5.48. The van der Waals surface area contributed by atoms with Crippen molar-refractivity contribution in [1.82, 2.24) is 25.2 Å². The van der Waals surface area contributed by atoms with Crippen LogP contribution in [0.4, 0.5) is 19.0 Å². The lowest BCUT2D eigenvalue weighted by Gasteiger charge is -2.34. The highest BCUT2D eigenvalue weighted by molar-refractivity contribution is 6.36. The molecule has 0 radical (unpaired) electrons. The molecule has 3 unspecified atom stereocenters. The molecule has 2 aromatic carbocycles. The van der Waals surface area contributed by atoms with Crippen LogP contribution in [-0.2, 0) is 0 Å². The molecule has 0 saturated carbocycles. The van der Waals surface area contributed by atoms with Gasteiger partial charge in [0.25, 0.3) is 0 Å². The molecule has 2 aromatic heterocycles. The van der Waals surface area contributed by atoms with Crippen molar-refractivity contribution in [1.29, 1.82) is 0 Å². The lowest BCUT2D eigenvalue weighted by molar-refractivity contribution is 0.107. The summed E-state index contributed by atoms with van der Waals surface area (Å²) in [4.78, 5) is 18.0. The summed E-state index contributed by atoms with van der Waals surface area (Å²) in [6, 6.07) is 10.8. The van der Waals surface area contributed by atoms with E-state index < -0.39 is 23.7 Å². The number of hydrogen-bond acceptors (Lipinski definition) is 7. The number of rotatable bonds is 5. The summed E-state index contributed by atoms with van der Waals surface area (Å²) in [5.41, 5.74) is 0.343. The average molecular weight is 595 g/mol. The number of alkyl halides is 2. The van der Waals surface area contributed by atoms with Gasteiger partial charge in [0.15, 0.2) is 5.82 Å². The number of piperazine rings is 1. The number of anilines is 1. The zero-order chi connectivity index (χ0) is 28.6. The predicted molar refractivity (Wildman–Crippen MR) is 156 cm³/mol. The Balaban J connectivity index is 1.24. The molecule has 5 atom stereocenters. The third-order valence-electron chi connectivity index (χ3n) is 9.54. The fourth-order valence-electron chi connectivity index (χ4n) is 7.61. The van der Waals surface area contributed by atoms with E-state index in [4.69, 9.17) is 21.3 Å². The van der Waals surface area contributed by atoms with Gasteiger partial charge in [0.05, 0.1) is 17.0 Å². The number of benzene rings is 2. The van der Waals surface area contributed by atoms with Gasteiger partial charge in [-0.05, 0) is 37.3 Å². The fraction of sp³-hybridized carbons (Fsp3) is 0.452. The Labute approximate surface area is 246 Å². The van der Waals surface area contributed by atoms with Crippen LogP contribution in [0.2, 0.25) is 5.02 Å². The molecule has 6 heterocycles. The van der Waals surface area contributed by atoms with Crippen LogP contribution in [0.1, 0.15) is 25.7 Å². The second-order valence-electron chi connectivity index (χ2n) is 12.1. The third-order valence-corrected chi connectivity index (χ3v) is 9.85. The molecule has 42 heavy (non-hydrogen) atoms. The Morgan fingerprint density at radius 3 is 2.81 bits per heavy atom. The van der Waals surface area contributed by atoms with E-state index in [1.807, 2.05) is 29.2 Å². The smallest absolute Gasteiger partial charge is 0.319 e. The van der Waals surface area contributed by atoms with Crippen molar-refractivity contribution in [2.45, 2.75) is 55.6 Å². The van der Waals surface area contributed by atoms with E-state index in [-0.39, 0.29) is 35.9 Å². The third kappa shape index (κ3) is 4.21. The van der Waals surface area contributed by atoms with Crippen LogP contribution < -0.4 is 15.0 Å². The number of hydrogen-bond donors (Lipinski definition) is 1. The molecule has 4 aromatic rings. The number of aromatic nitrogens is 3. The number of ether oxygens (including phenoxy) is 1. The SMILES string of the molecule is Fc1c(-c2cccc3cccc(Cl)c23)ncc2c(N3CC4CC(F)C(C3)N4)nc(OC[C@@]34CCCN3C[C@H](F)C4)nc12. The number of nitrogens with one attached hydrogen (secondary N) is 1. The lowest BCUT2D eigenvalue weighted by atomic mass is 9.95. The minimum Gasteiger partial charge on any atom is -0.461 e. The Kier molecular flexibility index (Phi) is 6.24. The van der Waals surface area contributed by atoms with Gasteiger partial charge in [-0.1, -0.05) is 41.9 Å². The Bertz CT molecular complexity index is 1700. The number of halogens is 4. The summed E-state index contributed by atoms with van der Waals surface area (Å²) >= 11 is 6.57. The molecule has 1 N–H and O–H groups in total. The van der Waals surface area contributed by atoms with Crippen LogP contribution in [0.5, 0.6) is 6.01 Å². The molecule has 8 rings (SSSR count). The second-order valence-corrected chi connectivity index (χ2v) is 12.6. The molecule has 0 amide bonds. The van der Waals surface area contributed by atoms with E-state index in [1.54, 1.807) is 18.3 Å². The summed E-state index contributed by atoms with van der Waals surface area (Å²) in [5.74, 6) is -0.148. The van der Waals surface area contributed by atoms with E-state index in [0.29, 0.717) is 59.7 Å². The largest absolute Gasteiger partial charge is 0.461 e. The summed E-state index contributed by atoms with van der Waals surface area (Å²) in [7, 11) is 0. The molecular weight excluding hydrogens is 565 g/mol. The minimum atomic E-state index is -0.954. The second kappa shape index (κ2) is 9.92. The Morgan fingerprint density at radius 1 is 1.10 bits per heavy atom. The minimum absolute atomic E-state index is 0.0238. The van der Waals surface area contributed by atoms with Crippen LogP contribution in [0.3, 0.4) is 0 Å². The molecule has 218 valence electrons.